The second-order valence-electron chi connectivity index (χ2n) is 4.93. The van der Waals surface area contributed by atoms with E-state index in [1.165, 1.54) is 0 Å². The van der Waals surface area contributed by atoms with Gasteiger partial charge in [0.05, 0.1) is 0 Å². The van der Waals surface area contributed by atoms with Crippen LogP contribution in [0.1, 0.15) is 29.5 Å². The number of hydrogen-bond acceptors (Lipinski definition) is 3. The number of aromatic nitrogens is 2. The van der Waals surface area contributed by atoms with E-state index in [1.807, 2.05) is 11.8 Å². The summed E-state index contributed by atoms with van der Waals surface area (Å²) in [5, 5.41) is 6.77. The topological polar surface area (TPSA) is 75.0 Å². The van der Waals surface area contributed by atoms with Gasteiger partial charge in [-0.3, -0.25) is 9.89 Å². The Hall–Kier alpha value is -1.36. The molecule has 0 aromatic carbocycles. The maximum absolute atomic E-state index is 12.1. The fourth-order valence-corrected chi connectivity index (χ4v) is 2.05. The SMILES string of the molecule is Cc1cc(C(=O)N2CCC(C)(CN)C2)n[nH]1. The van der Waals surface area contributed by atoms with Crippen LogP contribution in [0.3, 0.4) is 0 Å². The number of aryl methyl sites for hydroxylation is 1. The molecule has 5 heteroatoms. The van der Waals surface area contributed by atoms with Crippen molar-refractivity contribution < 1.29 is 4.79 Å². The van der Waals surface area contributed by atoms with Crippen molar-refractivity contribution >= 4 is 5.91 Å². The number of carbonyl (C=O) groups is 1. The fraction of sp³-hybridized carbons (Fsp3) is 0.636. The highest BCUT2D eigenvalue weighted by Gasteiger charge is 2.35. The molecular weight excluding hydrogens is 204 g/mol. The molecule has 88 valence electrons. The van der Waals surface area contributed by atoms with Crippen molar-refractivity contribution in [2.45, 2.75) is 20.3 Å². The first-order valence-corrected chi connectivity index (χ1v) is 5.55. The van der Waals surface area contributed by atoms with Crippen molar-refractivity contribution in [3.05, 3.63) is 17.5 Å². The van der Waals surface area contributed by atoms with Crippen molar-refractivity contribution in [1.29, 1.82) is 0 Å². The van der Waals surface area contributed by atoms with E-state index in [2.05, 4.69) is 17.1 Å². The second-order valence-corrected chi connectivity index (χ2v) is 4.93. The fourth-order valence-electron chi connectivity index (χ4n) is 2.05. The van der Waals surface area contributed by atoms with Crippen molar-refractivity contribution in [2.75, 3.05) is 19.6 Å². The van der Waals surface area contributed by atoms with Crippen LogP contribution in [0.25, 0.3) is 0 Å². The highest BCUT2D eigenvalue weighted by atomic mass is 16.2. The molecule has 0 saturated carbocycles. The van der Waals surface area contributed by atoms with Crippen LogP contribution >= 0.6 is 0 Å². The molecule has 0 spiro atoms. The number of nitrogens with one attached hydrogen (secondary N) is 1. The molecule has 1 amide bonds. The van der Waals surface area contributed by atoms with Crippen LogP contribution in [0.15, 0.2) is 6.07 Å². The molecule has 16 heavy (non-hydrogen) atoms. The summed E-state index contributed by atoms with van der Waals surface area (Å²) in [4.78, 5) is 13.9. The molecule has 1 unspecified atom stereocenters. The Morgan fingerprint density at radius 3 is 3.00 bits per heavy atom. The van der Waals surface area contributed by atoms with Crippen LogP contribution in [0.5, 0.6) is 0 Å². The van der Waals surface area contributed by atoms with Gasteiger partial charge in [0.1, 0.15) is 5.69 Å². The van der Waals surface area contributed by atoms with Gasteiger partial charge >= 0.3 is 0 Å². The van der Waals surface area contributed by atoms with Crippen molar-refractivity contribution in [3.8, 4) is 0 Å². The number of hydrogen-bond donors (Lipinski definition) is 2. The third-order valence-corrected chi connectivity index (χ3v) is 3.26. The molecule has 5 nitrogen and oxygen atoms in total. The smallest absolute Gasteiger partial charge is 0.274 e. The normalized spacial score (nSPS) is 25.1. The summed E-state index contributed by atoms with van der Waals surface area (Å²) in [5.74, 6) is 0.00141. The zero-order valence-corrected chi connectivity index (χ0v) is 9.79. The van der Waals surface area contributed by atoms with Gasteiger partial charge in [-0.1, -0.05) is 6.92 Å². The molecular formula is C11H18N4O. The van der Waals surface area contributed by atoms with Crippen molar-refractivity contribution in [2.24, 2.45) is 11.1 Å². The molecule has 1 atom stereocenters. The van der Waals surface area contributed by atoms with Gasteiger partial charge in [0, 0.05) is 18.8 Å². The molecule has 2 rings (SSSR count). The summed E-state index contributed by atoms with van der Waals surface area (Å²) < 4.78 is 0. The summed E-state index contributed by atoms with van der Waals surface area (Å²) in [6.45, 7) is 6.14. The highest BCUT2D eigenvalue weighted by Crippen LogP contribution is 2.29. The molecule has 1 aliphatic heterocycles. The van der Waals surface area contributed by atoms with Crippen LogP contribution in [0.4, 0.5) is 0 Å². The predicted octanol–water partition coefficient (Wildman–Crippen LogP) is 0.529. The van der Waals surface area contributed by atoms with Gasteiger partial charge < -0.3 is 10.6 Å². The maximum atomic E-state index is 12.1. The van der Waals surface area contributed by atoms with Crippen LogP contribution in [-0.4, -0.2) is 40.6 Å². The minimum atomic E-state index is 0.00141. The summed E-state index contributed by atoms with van der Waals surface area (Å²) in [5.41, 5.74) is 7.19. The summed E-state index contributed by atoms with van der Waals surface area (Å²) >= 11 is 0. The number of nitrogens with two attached hydrogens (primary N) is 1. The predicted molar refractivity (Wildman–Crippen MR) is 61.0 cm³/mol. The van der Waals surface area contributed by atoms with Crippen LogP contribution < -0.4 is 5.73 Å². The number of amides is 1. The third-order valence-electron chi connectivity index (χ3n) is 3.26. The maximum Gasteiger partial charge on any atom is 0.274 e. The molecule has 3 N–H and O–H groups in total. The van der Waals surface area contributed by atoms with E-state index in [-0.39, 0.29) is 11.3 Å². The standard InChI is InChI=1S/C11H18N4O/c1-8-5-9(14-13-8)10(16)15-4-3-11(2,6-12)7-15/h5H,3-4,6-7,12H2,1-2H3,(H,13,14). The van der Waals surface area contributed by atoms with E-state index in [1.54, 1.807) is 6.07 Å². The van der Waals surface area contributed by atoms with Gasteiger partial charge in [-0.15, -0.1) is 0 Å². The molecule has 1 fully saturated rings. The lowest BCUT2D eigenvalue weighted by molar-refractivity contribution is 0.0771. The Kier molecular flexibility index (Phi) is 2.71. The monoisotopic (exact) mass is 222 g/mol. The average molecular weight is 222 g/mol. The molecule has 1 aromatic heterocycles. The van der Waals surface area contributed by atoms with Gasteiger partial charge in [-0.2, -0.15) is 5.10 Å². The first-order valence-electron chi connectivity index (χ1n) is 5.55. The largest absolute Gasteiger partial charge is 0.337 e. The summed E-state index contributed by atoms with van der Waals surface area (Å²) in [6.07, 6.45) is 0.971. The Bertz CT molecular complexity index is 400. The molecule has 1 aromatic rings. The number of H-pyrrole nitrogens is 1. The molecule has 0 radical (unpaired) electrons. The van der Waals surface area contributed by atoms with E-state index in [9.17, 15) is 4.79 Å². The van der Waals surface area contributed by atoms with Crippen LogP contribution in [0, 0.1) is 12.3 Å². The quantitative estimate of drug-likeness (QED) is 0.766. The van der Waals surface area contributed by atoms with E-state index < -0.39 is 0 Å². The lowest BCUT2D eigenvalue weighted by Crippen LogP contribution is -2.34. The molecule has 1 aliphatic rings. The van der Waals surface area contributed by atoms with E-state index >= 15 is 0 Å². The molecule has 2 heterocycles. The van der Waals surface area contributed by atoms with Crippen molar-refractivity contribution in [3.63, 3.8) is 0 Å². The number of nitrogens with zero attached hydrogens (tertiary/aromatic N) is 2. The van der Waals surface area contributed by atoms with Gasteiger partial charge in [0.2, 0.25) is 0 Å². The average Bonchev–Trinajstić information content (AvgIpc) is 2.85. The van der Waals surface area contributed by atoms with Crippen LogP contribution in [0.2, 0.25) is 0 Å². The molecule has 0 bridgehead atoms. The summed E-state index contributed by atoms with van der Waals surface area (Å²) in [7, 11) is 0. The van der Waals surface area contributed by atoms with E-state index in [0.29, 0.717) is 12.2 Å². The Labute approximate surface area is 95.0 Å². The first-order chi connectivity index (χ1) is 7.54. The highest BCUT2D eigenvalue weighted by molar-refractivity contribution is 5.92. The number of carbonyl (C=O) groups excluding carboxylic acids is 1. The lowest BCUT2D eigenvalue weighted by Gasteiger charge is -2.21. The van der Waals surface area contributed by atoms with E-state index in [0.717, 1.165) is 25.2 Å². The van der Waals surface area contributed by atoms with Gasteiger partial charge in [-0.05, 0) is 31.4 Å². The minimum absolute atomic E-state index is 0.00141. The van der Waals surface area contributed by atoms with Crippen molar-refractivity contribution in [1.82, 2.24) is 15.1 Å². The number of aromatic amines is 1. The Morgan fingerprint density at radius 1 is 1.75 bits per heavy atom. The van der Waals surface area contributed by atoms with Gasteiger partial charge in [-0.25, -0.2) is 0 Å². The Morgan fingerprint density at radius 2 is 2.50 bits per heavy atom. The third kappa shape index (κ3) is 1.95. The minimum Gasteiger partial charge on any atom is -0.337 e. The lowest BCUT2D eigenvalue weighted by atomic mass is 9.90. The number of rotatable bonds is 2. The van der Waals surface area contributed by atoms with Crippen LogP contribution in [-0.2, 0) is 0 Å². The zero-order chi connectivity index (χ0) is 11.8. The molecule has 1 saturated heterocycles. The first kappa shape index (κ1) is 11.1. The van der Waals surface area contributed by atoms with Gasteiger partial charge in [0.15, 0.2) is 0 Å². The molecule has 0 aliphatic carbocycles. The Balaban J connectivity index is 2.08. The zero-order valence-electron chi connectivity index (χ0n) is 9.79. The second kappa shape index (κ2) is 3.90. The summed E-state index contributed by atoms with van der Waals surface area (Å²) in [6, 6.07) is 1.78. The van der Waals surface area contributed by atoms with Gasteiger partial charge in [0.25, 0.3) is 5.91 Å². The number of likely N-dealkylation sites (tertiary alicyclic amines) is 1. The van der Waals surface area contributed by atoms with E-state index in [4.69, 9.17) is 5.73 Å².